The molecule has 1 aliphatic rings. The lowest BCUT2D eigenvalue weighted by atomic mass is 10.2. The van der Waals surface area contributed by atoms with Gasteiger partial charge in [-0.05, 0) is 38.1 Å². The van der Waals surface area contributed by atoms with Crippen molar-refractivity contribution in [2.24, 2.45) is 0 Å². The van der Waals surface area contributed by atoms with Crippen LogP contribution in [0.1, 0.15) is 11.4 Å². The number of ether oxygens (including phenoxy) is 2. The number of hydrogen-bond acceptors (Lipinski definition) is 6. The van der Waals surface area contributed by atoms with Crippen LogP contribution in [0.2, 0.25) is 0 Å². The van der Waals surface area contributed by atoms with E-state index in [2.05, 4.69) is 25.3 Å². The second-order valence-electron chi connectivity index (χ2n) is 6.32. The van der Waals surface area contributed by atoms with E-state index in [1.807, 2.05) is 4.90 Å². The summed E-state index contributed by atoms with van der Waals surface area (Å²) >= 11 is 0. The molecule has 0 saturated carbocycles. The number of amides is 2. The molecule has 29 heavy (non-hydrogen) atoms. The fraction of sp³-hybridized carbons (Fsp3) is 0.389. The van der Waals surface area contributed by atoms with Gasteiger partial charge in [0.25, 0.3) is 0 Å². The lowest BCUT2D eigenvalue weighted by Gasteiger charge is -2.27. The summed E-state index contributed by atoms with van der Waals surface area (Å²) in [7, 11) is 0. The first-order chi connectivity index (χ1) is 13.7. The minimum Gasteiger partial charge on any atom is -0.406 e. The lowest BCUT2D eigenvalue weighted by Crippen LogP contribution is -2.37. The second kappa shape index (κ2) is 8.52. The molecule has 8 nitrogen and oxygen atoms in total. The number of rotatable bonds is 4. The van der Waals surface area contributed by atoms with Crippen molar-refractivity contribution in [2.45, 2.75) is 20.2 Å². The Bertz CT molecular complexity index is 845. The maximum absolute atomic E-state index is 12.3. The van der Waals surface area contributed by atoms with Crippen molar-refractivity contribution in [3.8, 4) is 5.75 Å². The van der Waals surface area contributed by atoms with Crippen LogP contribution in [-0.2, 0) is 4.74 Å². The summed E-state index contributed by atoms with van der Waals surface area (Å²) in [5.74, 6) is 0.205. The minimum absolute atomic E-state index is 0.304. The van der Waals surface area contributed by atoms with Gasteiger partial charge in [-0.1, -0.05) is 0 Å². The van der Waals surface area contributed by atoms with Crippen LogP contribution in [0.5, 0.6) is 5.75 Å². The highest BCUT2D eigenvalue weighted by molar-refractivity contribution is 6.00. The third kappa shape index (κ3) is 5.70. The number of benzene rings is 1. The van der Waals surface area contributed by atoms with Crippen LogP contribution in [0.3, 0.4) is 0 Å². The number of anilines is 3. The number of alkyl halides is 3. The molecule has 0 aliphatic carbocycles. The Morgan fingerprint density at radius 2 is 1.66 bits per heavy atom. The highest BCUT2D eigenvalue weighted by atomic mass is 19.4. The number of nitrogens with zero attached hydrogens (tertiary/aromatic N) is 3. The van der Waals surface area contributed by atoms with E-state index < -0.39 is 12.4 Å². The molecule has 0 atom stereocenters. The highest BCUT2D eigenvalue weighted by Gasteiger charge is 2.31. The van der Waals surface area contributed by atoms with Gasteiger partial charge in [0.2, 0.25) is 5.95 Å². The Morgan fingerprint density at radius 1 is 1.07 bits per heavy atom. The Morgan fingerprint density at radius 3 is 2.21 bits per heavy atom. The monoisotopic (exact) mass is 411 g/mol. The molecule has 0 spiro atoms. The zero-order valence-corrected chi connectivity index (χ0v) is 15.8. The Hall–Kier alpha value is -3.08. The zero-order valence-electron chi connectivity index (χ0n) is 15.8. The van der Waals surface area contributed by atoms with Gasteiger partial charge in [-0.2, -0.15) is 0 Å². The third-order valence-corrected chi connectivity index (χ3v) is 4.14. The molecular formula is C18H20F3N5O3. The van der Waals surface area contributed by atoms with E-state index in [4.69, 9.17) is 4.74 Å². The minimum atomic E-state index is -4.77. The number of carbonyl (C=O) groups is 1. The number of halogens is 3. The predicted octanol–water partition coefficient (Wildman–Crippen LogP) is 3.47. The highest BCUT2D eigenvalue weighted by Crippen LogP contribution is 2.25. The van der Waals surface area contributed by atoms with E-state index in [1.165, 1.54) is 12.1 Å². The van der Waals surface area contributed by atoms with E-state index in [9.17, 15) is 18.0 Å². The summed E-state index contributed by atoms with van der Waals surface area (Å²) in [6.07, 6.45) is -4.77. The second-order valence-corrected chi connectivity index (χ2v) is 6.32. The molecule has 156 valence electrons. The molecule has 2 aromatic rings. The molecule has 1 saturated heterocycles. The van der Waals surface area contributed by atoms with Crippen LogP contribution in [0.25, 0.3) is 0 Å². The summed E-state index contributed by atoms with van der Waals surface area (Å²) in [5.41, 5.74) is 1.97. The van der Waals surface area contributed by atoms with Crippen LogP contribution < -0.4 is 20.3 Å². The molecule has 11 heteroatoms. The van der Waals surface area contributed by atoms with E-state index in [0.717, 1.165) is 12.1 Å². The van der Waals surface area contributed by atoms with E-state index in [0.29, 0.717) is 55.0 Å². The van der Waals surface area contributed by atoms with Gasteiger partial charge in [0.15, 0.2) is 0 Å². The van der Waals surface area contributed by atoms with Gasteiger partial charge in [-0.3, -0.25) is 0 Å². The average Bonchev–Trinajstić information content (AvgIpc) is 2.66. The SMILES string of the molecule is Cc1nc(N2CCOCC2)nc(C)c1NC(=O)Nc1ccc(OC(F)(F)F)cc1. The van der Waals surface area contributed by atoms with Crippen LogP contribution in [-0.4, -0.2) is 48.7 Å². The molecule has 2 N–H and O–H groups in total. The molecule has 1 aliphatic heterocycles. The van der Waals surface area contributed by atoms with Gasteiger partial charge < -0.3 is 25.0 Å². The summed E-state index contributed by atoms with van der Waals surface area (Å²) in [6.45, 7) is 6.13. The van der Waals surface area contributed by atoms with Crippen molar-refractivity contribution in [3.05, 3.63) is 35.7 Å². The molecule has 0 radical (unpaired) electrons. The molecule has 2 heterocycles. The van der Waals surface area contributed by atoms with Crippen molar-refractivity contribution < 1.29 is 27.4 Å². The first-order valence-corrected chi connectivity index (χ1v) is 8.83. The fourth-order valence-corrected chi connectivity index (χ4v) is 2.80. The number of hydrogen-bond donors (Lipinski definition) is 2. The largest absolute Gasteiger partial charge is 0.573 e. The zero-order chi connectivity index (χ0) is 21.0. The first-order valence-electron chi connectivity index (χ1n) is 8.83. The third-order valence-electron chi connectivity index (χ3n) is 4.14. The predicted molar refractivity (Wildman–Crippen MR) is 100 cm³/mol. The van der Waals surface area contributed by atoms with Crippen LogP contribution in [0, 0.1) is 13.8 Å². The maximum atomic E-state index is 12.3. The lowest BCUT2D eigenvalue weighted by molar-refractivity contribution is -0.274. The van der Waals surface area contributed by atoms with Crippen molar-refractivity contribution in [2.75, 3.05) is 41.8 Å². The first kappa shape index (κ1) is 20.6. The Labute approximate surface area is 165 Å². The van der Waals surface area contributed by atoms with E-state index >= 15 is 0 Å². The number of aryl methyl sites for hydroxylation is 2. The molecule has 3 rings (SSSR count). The molecule has 2 amide bonds. The van der Waals surface area contributed by atoms with E-state index in [1.54, 1.807) is 13.8 Å². The van der Waals surface area contributed by atoms with Crippen LogP contribution >= 0.6 is 0 Å². The molecule has 1 aromatic heterocycles. The van der Waals surface area contributed by atoms with E-state index in [-0.39, 0.29) is 5.75 Å². The maximum Gasteiger partial charge on any atom is 0.573 e. The average molecular weight is 411 g/mol. The fourth-order valence-electron chi connectivity index (χ4n) is 2.80. The summed E-state index contributed by atoms with van der Waals surface area (Å²) in [6, 6.07) is 4.26. The number of nitrogens with one attached hydrogen (secondary N) is 2. The molecular weight excluding hydrogens is 391 g/mol. The van der Waals surface area contributed by atoms with Gasteiger partial charge in [0.1, 0.15) is 5.75 Å². The van der Waals surface area contributed by atoms with Crippen LogP contribution in [0.15, 0.2) is 24.3 Å². The van der Waals surface area contributed by atoms with Gasteiger partial charge in [-0.25, -0.2) is 14.8 Å². The number of carbonyl (C=O) groups excluding carboxylic acids is 1. The number of morpholine rings is 1. The number of aromatic nitrogens is 2. The van der Waals surface area contributed by atoms with Crippen LogP contribution in [0.4, 0.5) is 35.3 Å². The van der Waals surface area contributed by atoms with Gasteiger partial charge >= 0.3 is 12.4 Å². The Kier molecular flexibility index (Phi) is 6.06. The summed E-state index contributed by atoms with van der Waals surface area (Å²) in [4.78, 5) is 23.2. The van der Waals surface area contributed by atoms with Crippen molar-refractivity contribution in [3.63, 3.8) is 0 Å². The van der Waals surface area contributed by atoms with Crippen molar-refractivity contribution >= 4 is 23.4 Å². The quantitative estimate of drug-likeness (QED) is 0.801. The molecule has 0 unspecified atom stereocenters. The molecule has 0 bridgehead atoms. The summed E-state index contributed by atoms with van der Waals surface area (Å²) < 4.78 is 45.7. The van der Waals surface area contributed by atoms with Gasteiger partial charge in [-0.15, -0.1) is 13.2 Å². The number of urea groups is 1. The molecule has 1 aromatic carbocycles. The smallest absolute Gasteiger partial charge is 0.406 e. The van der Waals surface area contributed by atoms with Crippen molar-refractivity contribution in [1.29, 1.82) is 0 Å². The topological polar surface area (TPSA) is 88.6 Å². The van der Waals surface area contributed by atoms with Gasteiger partial charge in [0.05, 0.1) is 30.3 Å². The van der Waals surface area contributed by atoms with Crippen molar-refractivity contribution in [1.82, 2.24) is 9.97 Å². The standard InChI is InChI=1S/C18H20F3N5O3/c1-11-15(12(2)23-16(22-11)26-7-9-28-10-8-26)25-17(27)24-13-3-5-14(6-4-13)29-18(19,20)21/h3-6H,7-10H2,1-2H3,(H2,24,25,27). The van der Waals surface area contributed by atoms with Gasteiger partial charge in [0, 0.05) is 18.8 Å². The summed E-state index contributed by atoms with van der Waals surface area (Å²) in [5, 5.41) is 5.22. The Balaban J connectivity index is 1.64. The normalized spacial score (nSPS) is 14.4. The molecule has 1 fully saturated rings.